The lowest BCUT2D eigenvalue weighted by Crippen LogP contribution is -2.34. The number of urea groups is 1. The Balaban J connectivity index is 1.19. The van der Waals surface area contributed by atoms with Crippen molar-refractivity contribution in [2.45, 2.75) is 64.1 Å². The molecule has 2 amide bonds. The molecule has 1 aliphatic carbocycles. The Morgan fingerprint density at radius 3 is 2.79 bits per heavy atom. The molecule has 3 aliphatic rings. The number of hydrogen-bond acceptors (Lipinski definition) is 5. The van der Waals surface area contributed by atoms with Crippen LogP contribution in [0, 0.1) is 11.8 Å². The van der Waals surface area contributed by atoms with Gasteiger partial charge in [-0.1, -0.05) is 37.3 Å². The second-order valence-electron chi connectivity index (χ2n) is 8.78. The van der Waals surface area contributed by atoms with E-state index < -0.39 is 0 Å². The van der Waals surface area contributed by atoms with Gasteiger partial charge < -0.3 is 9.32 Å². The first-order chi connectivity index (χ1) is 14.2. The van der Waals surface area contributed by atoms with Gasteiger partial charge in [-0.25, -0.2) is 4.79 Å². The van der Waals surface area contributed by atoms with Crippen LogP contribution in [-0.4, -0.2) is 38.8 Å². The van der Waals surface area contributed by atoms with Gasteiger partial charge in [-0.2, -0.15) is 5.06 Å². The lowest BCUT2D eigenvalue weighted by Gasteiger charge is -2.32. The molecule has 154 valence electrons. The summed E-state index contributed by atoms with van der Waals surface area (Å²) in [6.07, 6.45) is 6.27. The number of aromatic nitrogens is 2. The lowest BCUT2D eigenvalue weighted by molar-refractivity contribution is -0.140. The molecule has 2 bridgehead atoms. The average molecular weight is 396 g/mol. The minimum atomic E-state index is -0.144. The molecule has 7 nitrogen and oxygen atoms in total. The van der Waals surface area contributed by atoms with Crippen LogP contribution in [0.5, 0.6) is 0 Å². The van der Waals surface area contributed by atoms with E-state index in [0.717, 1.165) is 43.1 Å². The van der Waals surface area contributed by atoms with Crippen LogP contribution in [0.1, 0.15) is 62.4 Å². The van der Waals surface area contributed by atoms with Crippen LogP contribution < -0.4 is 0 Å². The van der Waals surface area contributed by atoms with Gasteiger partial charge in [0, 0.05) is 13.0 Å². The number of carbonyl (C=O) groups is 1. The van der Waals surface area contributed by atoms with Gasteiger partial charge in [-0.3, -0.25) is 4.84 Å². The van der Waals surface area contributed by atoms with Gasteiger partial charge in [0.05, 0.1) is 6.04 Å². The second kappa shape index (κ2) is 7.78. The van der Waals surface area contributed by atoms with E-state index in [1.165, 1.54) is 12.8 Å². The summed E-state index contributed by atoms with van der Waals surface area (Å²) in [7, 11) is 0. The molecule has 2 atom stereocenters. The first kappa shape index (κ1) is 18.6. The van der Waals surface area contributed by atoms with E-state index in [1.54, 1.807) is 5.06 Å². The predicted octanol–water partition coefficient (Wildman–Crippen LogP) is 4.12. The third kappa shape index (κ3) is 3.75. The van der Waals surface area contributed by atoms with Crippen molar-refractivity contribution in [2.75, 3.05) is 6.54 Å². The van der Waals surface area contributed by atoms with Gasteiger partial charge in [0.15, 0.2) is 0 Å². The fourth-order valence-corrected chi connectivity index (χ4v) is 4.91. The number of benzene rings is 1. The van der Waals surface area contributed by atoms with Crippen molar-refractivity contribution >= 4 is 6.03 Å². The Hall–Kier alpha value is -2.41. The Kier molecular flexibility index (Phi) is 4.99. The van der Waals surface area contributed by atoms with Gasteiger partial charge in [-0.15, -0.1) is 10.2 Å². The highest BCUT2D eigenvalue weighted by Crippen LogP contribution is 2.39. The molecule has 2 aromatic rings. The number of aryl methyl sites for hydroxylation is 1. The van der Waals surface area contributed by atoms with Gasteiger partial charge in [-0.05, 0) is 49.5 Å². The van der Waals surface area contributed by atoms with Crippen molar-refractivity contribution in [1.82, 2.24) is 20.2 Å². The second-order valence-corrected chi connectivity index (χ2v) is 8.78. The van der Waals surface area contributed by atoms with Crippen LogP contribution in [0.25, 0.3) is 0 Å². The van der Waals surface area contributed by atoms with Gasteiger partial charge >= 0.3 is 6.03 Å². The standard InChI is InChI=1S/C22H28N4O3/c1-15-11-17(12-15)7-10-20-23-24-21(29-20)19-9-8-18-13-25(19)22(27)26(18)28-14-16-5-3-2-4-6-16/h2-6,15,17-19H,7-14H2,1H3/t15-,17-,18-,19+/m1/s1. The van der Waals surface area contributed by atoms with Crippen molar-refractivity contribution in [3.8, 4) is 0 Å². The van der Waals surface area contributed by atoms with Crippen molar-refractivity contribution in [1.29, 1.82) is 0 Å². The molecule has 3 fully saturated rings. The number of hydroxylamine groups is 2. The van der Waals surface area contributed by atoms with Crippen molar-refractivity contribution < 1.29 is 14.0 Å². The maximum Gasteiger partial charge on any atom is 0.345 e. The normalized spacial score (nSPS) is 28.7. The summed E-state index contributed by atoms with van der Waals surface area (Å²) in [4.78, 5) is 20.6. The number of hydrogen-bond donors (Lipinski definition) is 0. The molecule has 0 unspecified atom stereocenters. The van der Waals surface area contributed by atoms with E-state index >= 15 is 0 Å². The highest BCUT2D eigenvalue weighted by atomic mass is 16.7. The van der Waals surface area contributed by atoms with E-state index in [2.05, 4.69) is 17.1 Å². The number of piperidine rings is 1. The molecule has 29 heavy (non-hydrogen) atoms. The maximum absolute atomic E-state index is 12.9. The predicted molar refractivity (Wildman–Crippen MR) is 105 cm³/mol. The van der Waals surface area contributed by atoms with Crippen LogP contribution in [0.15, 0.2) is 34.7 Å². The largest absolute Gasteiger partial charge is 0.423 e. The van der Waals surface area contributed by atoms with Gasteiger partial charge in [0.25, 0.3) is 0 Å². The zero-order valence-electron chi connectivity index (χ0n) is 16.9. The van der Waals surface area contributed by atoms with E-state index in [0.29, 0.717) is 24.9 Å². The molecule has 0 spiro atoms. The summed E-state index contributed by atoms with van der Waals surface area (Å²) in [6, 6.07) is 9.76. The van der Waals surface area contributed by atoms with Crippen molar-refractivity contribution in [3.05, 3.63) is 47.7 Å². The lowest BCUT2D eigenvalue weighted by atomic mass is 9.74. The molecule has 1 aromatic carbocycles. The number of amides is 2. The Labute approximate surface area is 171 Å². The van der Waals surface area contributed by atoms with Gasteiger partial charge in [0.2, 0.25) is 11.8 Å². The SMILES string of the molecule is C[C@H]1C[C@H](CCc2nnc([C@@H]3CC[C@@H]4CN3C(=O)N4OCc3ccccc3)o2)C1. The van der Waals surface area contributed by atoms with Crippen LogP contribution >= 0.6 is 0 Å². The van der Waals surface area contributed by atoms with Crippen LogP contribution in [0.3, 0.4) is 0 Å². The van der Waals surface area contributed by atoms with Crippen molar-refractivity contribution in [2.24, 2.45) is 11.8 Å². The Morgan fingerprint density at radius 1 is 1.17 bits per heavy atom. The van der Waals surface area contributed by atoms with Crippen LogP contribution in [0.4, 0.5) is 4.79 Å². The summed E-state index contributed by atoms with van der Waals surface area (Å²) in [5.41, 5.74) is 1.05. The monoisotopic (exact) mass is 396 g/mol. The van der Waals surface area contributed by atoms with E-state index in [-0.39, 0.29) is 18.1 Å². The Morgan fingerprint density at radius 2 is 2.00 bits per heavy atom. The molecule has 1 saturated carbocycles. The van der Waals surface area contributed by atoms with Crippen molar-refractivity contribution in [3.63, 3.8) is 0 Å². The zero-order chi connectivity index (χ0) is 19.8. The highest BCUT2D eigenvalue weighted by molar-refractivity contribution is 5.77. The Bertz CT molecular complexity index is 849. The molecular weight excluding hydrogens is 368 g/mol. The average Bonchev–Trinajstić information content (AvgIpc) is 3.28. The number of nitrogens with zero attached hydrogens (tertiary/aromatic N) is 4. The van der Waals surface area contributed by atoms with Gasteiger partial charge in [0.1, 0.15) is 12.6 Å². The number of rotatable bonds is 7. The third-order valence-corrected chi connectivity index (χ3v) is 6.54. The topological polar surface area (TPSA) is 71.7 Å². The number of fused-ring (bicyclic) bond motifs is 2. The quantitative estimate of drug-likeness (QED) is 0.704. The zero-order valence-corrected chi connectivity index (χ0v) is 16.9. The number of carbonyl (C=O) groups excluding carboxylic acids is 1. The molecule has 2 saturated heterocycles. The first-order valence-electron chi connectivity index (χ1n) is 10.8. The van der Waals surface area contributed by atoms with Crippen LogP contribution in [-0.2, 0) is 17.9 Å². The van der Waals surface area contributed by atoms with Crippen LogP contribution in [0.2, 0.25) is 0 Å². The van der Waals surface area contributed by atoms with E-state index in [1.807, 2.05) is 35.2 Å². The minimum absolute atomic E-state index is 0.0884. The smallest absolute Gasteiger partial charge is 0.345 e. The maximum atomic E-state index is 12.9. The molecular formula is C22H28N4O3. The molecule has 5 rings (SSSR count). The first-order valence-corrected chi connectivity index (χ1v) is 10.8. The summed E-state index contributed by atoms with van der Waals surface area (Å²) in [6.45, 7) is 3.35. The molecule has 7 heteroatoms. The summed E-state index contributed by atoms with van der Waals surface area (Å²) >= 11 is 0. The minimum Gasteiger partial charge on any atom is -0.423 e. The molecule has 0 N–H and O–H groups in total. The molecule has 3 heterocycles. The molecule has 2 aliphatic heterocycles. The molecule has 0 radical (unpaired) electrons. The summed E-state index contributed by atoms with van der Waals surface area (Å²) in [5.74, 6) is 2.93. The van der Waals surface area contributed by atoms with E-state index in [4.69, 9.17) is 9.25 Å². The summed E-state index contributed by atoms with van der Waals surface area (Å²) in [5, 5.41) is 10.1. The molecule has 1 aromatic heterocycles. The third-order valence-electron chi connectivity index (χ3n) is 6.54. The fraction of sp³-hybridized carbons (Fsp3) is 0.591. The summed E-state index contributed by atoms with van der Waals surface area (Å²) < 4.78 is 5.96. The van der Waals surface area contributed by atoms with E-state index in [9.17, 15) is 4.79 Å². The fourth-order valence-electron chi connectivity index (χ4n) is 4.91. The highest BCUT2D eigenvalue weighted by Gasteiger charge is 2.47.